The predicted molar refractivity (Wildman–Crippen MR) is 122 cm³/mol. The van der Waals surface area contributed by atoms with E-state index in [2.05, 4.69) is 15.3 Å². The second-order valence-electron chi connectivity index (χ2n) is 7.52. The zero-order chi connectivity index (χ0) is 23.9. The van der Waals surface area contributed by atoms with Crippen LogP contribution in [0.25, 0.3) is 10.1 Å². The molecule has 0 bridgehead atoms. The monoisotopic (exact) mass is 489 g/mol. The molecule has 0 amide bonds. The van der Waals surface area contributed by atoms with Crippen molar-refractivity contribution in [3.8, 4) is 0 Å². The number of hydrogen-bond acceptors (Lipinski definition) is 10. The number of aryl methyl sites for hydroxylation is 1. The molecule has 3 aromatic heterocycles. The van der Waals surface area contributed by atoms with Gasteiger partial charge >= 0.3 is 0 Å². The maximum atomic E-state index is 12.6. The van der Waals surface area contributed by atoms with Gasteiger partial charge in [0, 0.05) is 38.3 Å². The molecule has 33 heavy (non-hydrogen) atoms. The van der Waals surface area contributed by atoms with Crippen LogP contribution in [-0.2, 0) is 30.0 Å². The summed E-state index contributed by atoms with van der Waals surface area (Å²) in [5.41, 5.74) is 0.470. The molecule has 0 aliphatic carbocycles. The average Bonchev–Trinajstić information content (AvgIpc) is 3.35. The summed E-state index contributed by atoms with van der Waals surface area (Å²) in [6.07, 6.45) is 4.63. The van der Waals surface area contributed by atoms with Gasteiger partial charge in [0.05, 0.1) is 34.5 Å². The van der Waals surface area contributed by atoms with Gasteiger partial charge in [-0.2, -0.15) is 4.98 Å². The van der Waals surface area contributed by atoms with E-state index in [0.717, 1.165) is 35.4 Å². The minimum Gasteiger partial charge on any atom is -0.353 e. The zero-order valence-electron chi connectivity index (χ0n) is 17.9. The Balaban J connectivity index is 1.66. The molecule has 3 heterocycles. The first kappa shape index (κ1) is 22.5. The summed E-state index contributed by atoms with van der Waals surface area (Å²) in [7, 11) is -0.135. The fraction of sp³-hybridized carbons (Fsp3) is 0.263. The van der Waals surface area contributed by atoms with Gasteiger partial charge in [0.2, 0.25) is 0 Å². The van der Waals surface area contributed by atoms with Gasteiger partial charge in [0.15, 0.2) is 15.0 Å². The maximum absolute atomic E-state index is 12.6. The van der Waals surface area contributed by atoms with Crippen LogP contribution in [0.15, 0.2) is 46.3 Å². The van der Waals surface area contributed by atoms with Crippen molar-refractivity contribution < 1.29 is 13.3 Å². The molecule has 0 unspecified atom stereocenters. The van der Waals surface area contributed by atoms with E-state index >= 15 is 0 Å². The lowest BCUT2D eigenvalue weighted by Gasteiger charge is -2.15. The third kappa shape index (κ3) is 4.61. The van der Waals surface area contributed by atoms with E-state index in [-0.39, 0.29) is 26.7 Å². The largest absolute Gasteiger partial charge is 0.353 e. The van der Waals surface area contributed by atoms with Gasteiger partial charge in [-0.1, -0.05) is 16.6 Å². The van der Waals surface area contributed by atoms with Crippen molar-refractivity contribution in [2.24, 2.45) is 7.05 Å². The van der Waals surface area contributed by atoms with Crippen LogP contribution in [0.3, 0.4) is 0 Å². The van der Waals surface area contributed by atoms with Gasteiger partial charge in [-0.25, -0.2) is 13.1 Å². The third-order valence-corrected chi connectivity index (χ3v) is 7.29. The van der Waals surface area contributed by atoms with E-state index in [1.165, 1.54) is 0 Å². The van der Waals surface area contributed by atoms with Crippen molar-refractivity contribution >= 4 is 42.1 Å². The van der Waals surface area contributed by atoms with Crippen LogP contribution in [0.4, 0.5) is 10.8 Å². The summed E-state index contributed by atoms with van der Waals surface area (Å²) in [5, 5.41) is 20.0. The maximum Gasteiger partial charge on any atom is 0.288 e. The number of fused-ring (bicyclic) bond motifs is 1. The highest BCUT2D eigenvalue weighted by molar-refractivity contribution is 7.90. The summed E-state index contributed by atoms with van der Waals surface area (Å²) in [5.74, 6) is 0. The van der Waals surface area contributed by atoms with Crippen LogP contribution in [0.2, 0.25) is 0 Å². The van der Waals surface area contributed by atoms with Crippen molar-refractivity contribution in [1.82, 2.24) is 24.5 Å². The Kier molecular flexibility index (Phi) is 5.71. The number of nitro groups is 1. The first-order valence-electron chi connectivity index (χ1n) is 9.56. The van der Waals surface area contributed by atoms with Crippen molar-refractivity contribution in [2.75, 3.05) is 18.2 Å². The average molecular weight is 490 g/mol. The van der Waals surface area contributed by atoms with E-state index in [1.54, 1.807) is 22.8 Å². The van der Waals surface area contributed by atoms with Gasteiger partial charge in [0.25, 0.3) is 11.2 Å². The number of aromatic nitrogens is 5. The van der Waals surface area contributed by atoms with E-state index < -0.39 is 26.0 Å². The van der Waals surface area contributed by atoms with Crippen molar-refractivity contribution in [3.63, 3.8) is 0 Å². The Morgan fingerprint density at radius 3 is 2.70 bits per heavy atom. The van der Waals surface area contributed by atoms with Gasteiger partial charge in [-0.15, -0.1) is 5.10 Å². The molecular weight excluding hydrogens is 470 g/mol. The lowest BCUT2D eigenvalue weighted by Crippen LogP contribution is -2.20. The lowest BCUT2D eigenvalue weighted by molar-refractivity contribution is -0.383. The van der Waals surface area contributed by atoms with Crippen LogP contribution in [-0.4, -0.2) is 51.2 Å². The molecule has 14 heteroatoms. The minimum absolute atomic E-state index is 0.0570. The second kappa shape index (κ2) is 8.37. The summed E-state index contributed by atoms with van der Waals surface area (Å²) in [6.45, 7) is 0.799. The molecule has 12 nitrogen and oxygen atoms in total. The van der Waals surface area contributed by atoms with Gasteiger partial charge in [-0.05, 0) is 18.2 Å². The first-order chi connectivity index (χ1) is 15.5. The zero-order valence-corrected chi connectivity index (χ0v) is 19.5. The molecule has 4 rings (SSSR count). The van der Waals surface area contributed by atoms with E-state index in [4.69, 9.17) is 0 Å². The Bertz CT molecular complexity index is 1540. The SMILES string of the molecule is CN(Cc1cn(Cc2cccn2C)nn1)c1nc(=O)c2cc(S(C)(=O)=O)cc([N+](=O)[O-])c2s1. The van der Waals surface area contributed by atoms with Crippen LogP contribution < -0.4 is 10.5 Å². The van der Waals surface area contributed by atoms with E-state index in [1.807, 2.05) is 29.9 Å². The number of hydrogen-bond donors (Lipinski definition) is 0. The van der Waals surface area contributed by atoms with Crippen molar-refractivity contribution in [2.45, 2.75) is 18.0 Å². The predicted octanol–water partition coefficient (Wildman–Crippen LogP) is 1.58. The molecule has 0 N–H and O–H groups in total. The molecule has 0 saturated carbocycles. The summed E-state index contributed by atoms with van der Waals surface area (Å²) in [6, 6.07) is 6.01. The molecule has 0 saturated heterocycles. The Hall–Kier alpha value is -3.65. The smallest absolute Gasteiger partial charge is 0.288 e. The number of sulfone groups is 1. The molecule has 0 aliphatic heterocycles. The number of non-ortho nitro benzene ring substituents is 1. The van der Waals surface area contributed by atoms with Crippen LogP contribution in [0.1, 0.15) is 11.4 Å². The number of benzene rings is 1. The summed E-state index contributed by atoms with van der Waals surface area (Å²) in [4.78, 5) is 28.9. The number of anilines is 1. The number of nitrogens with zero attached hydrogens (tertiary/aromatic N) is 7. The molecule has 0 spiro atoms. The van der Waals surface area contributed by atoms with Crippen LogP contribution in [0.5, 0.6) is 0 Å². The Labute approximate surface area is 191 Å². The molecule has 0 atom stereocenters. The third-order valence-electron chi connectivity index (χ3n) is 4.98. The van der Waals surface area contributed by atoms with Crippen LogP contribution in [0, 0.1) is 10.1 Å². The highest BCUT2D eigenvalue weighted by atomic mass is 32.2. The molecule has 0 radical (unpaired) electrons. The lowest BCUT2D eigenvalue weighted by atomic mass is 10.2. The molecule has 0 fully saturated rings. The molecule has 0 aliphatic rings. The van der Waals surface area contributed by atoms with Gasteiger partial charge < -0.3 is 9.47 Å². The highest BCUT2D eigenvalue weighted by Crippen LogP contribution is 2.34. The van der Waals surface area contributed by atoms with Gasteiger partial charge in [-0.3, -0.25) is 14.9 Å². The quantitative estimate of drug-likeness (QED) is 0.279. The molecular formula is C19H19N7O5S2. The number of rotatable bonds is 7. The normalized spacial score (nSPS) is 11.7. The summed E-state index contributed by atoms with van der Waals surface area (Å²) >= 11 is 0.935. The van der Waals surface area contributed by atoms with Crippen molar-refractivity contribution in [1.29, 1.82) is 0 Å². The summed E-state index contributed by atoms with van der Waals surface area (Å²) < 4.78 is 27.5. The topological polar surface area (TPSA) is 146 Å². The van der Waals surface area contributed by atoms with Crippen LogP contribution >= 0.6 is 11.3 Å². The molecule has 172 valence electrons. The molecule has 4 aromatic rings. The van der Waals surface area contributed by atoms with E-state index in [9.17, 15) is 23.3 Å². The Morgan fingerprint density at radius 2 is 2.06 bits per heavy atom. The van der Waals surface area contributed by atoms with Crippen molar-refractivity contribution in [3.05, 3.63) is 68.5 Å². The standard InChI is InChI=1S/C19H19N7O5S2/c1-23-6-4-5-13(23)11-25-10-12(21-22-25)9-24(2)19-20-18(27)15-7-14(33(3,30)31)8-16(26(28)29)17(15)32-19/h4-8,10H,9,11H2,1-3H3. The minimum atomic E-state index is -3.75. The highest BCUT2D eigenvalue weighted by Gasteiger charge is 2.23. The van der Waals surface area contributed by atoms with E-state index in [0.29, 0.717) is 12.2 Å². The van der Waals surface area contributed by atoms with Gasteiger partial charge in [0.1, 0.15) is 10.4 Å². The fourth-order valence-corrected chi connectivity index (χ4v) is 4.94. The fourth-order valence-electron chi connectivity index (χ4n) is 3.25. The molecule has 1 aromatic carbocycles. The first-order valence-corrected chi connectivity index (χ1v) is 12.3. The number of nitro benzene ring substituents is 1. The Morgan fingerprint density at radius 1 is 1.30 bits per heavy atom. The second-order valence-corrected chi connectivity index (χ2v) is 10.5.